The summed E-state index contributed by atoms with van der Waals surface area (Å²) in [5.74, 6) is -3.98. The van der Waals surface area contributed by atoms with Crippen molar-refractivity contribution >= 4 is 17.8 Å². The van der Waals surface area contributed by atoms with E-state index in [0.29, 0.717) is 19.3 Å². The van der Waals surface area contributed by atoms with Crippen LogP contribution in [-0.4, -0.2) is 45.0 Å². The van der Waals surface area contributed by atoms with Gasteiger partial charge in [0, 0.05) is 6.04 Å². The third-order valence-electron chi connectivity index (χ3n) is 3.58. The second kappa shape index (κ2) is 4.80. The van der Waals surface area contributed by atoms with Crippen molar-refractivity contribution in [3.63, 3.8) is 0 Å². The van der Waals surface area contributed by atoms with Gasteiger partial charge in [-0.2, -0.15) is 0 Å². The monoisotopic (exact) mass is 253 g/mol. The quantitative estimate of drug-likeness (QED) is 0.551. The van der Waals surface area contributed by atoms with Crippen molar-refractivity contribution in [2.45, 2.75) is 37.8 Å². The molecule has 2 N–H and O–H groups in total. The predicted molar refractivity (Wildman–Crippen MR) is 60.8 cm³/mol. The van der Waals surface area contributed by atoms with Crippen LogP contribution in [0.1, 0.15) is 25.7 Å². The molecule has 0 saturated carbocycles. The first kappa shape index (κ1) is 12.6. The van der Waals surface area contributed by atoms with E-state index < -0.39 is 29.8 Å². The number of carboxylic acids is 2. The minimum Gasteiger partial charge on any atom is -0.481 e. The summed E-state index contributed by atoms with van der Waals surface area (Å²) in [6, 6.07) is -1.06. The molecule has 0 aliphatic carbocycles. The van der Waals surface area contributed by atoms with E-state index in [4.69, 9.17) is 10.2 Å². The Morgan fingerprint density at radius 2 is 1.78 bits per heavy atom. The lowest BCUT2D eigenvalue weighted by atomic mass is 9.99. The molecule has 1 saturated heterocycles. The molecule has 3 atom stereocenters. The molecule has 0 aromatic rings. The van der Waals surface area contributed by atoms with E-state index in [1.165, 1.54) is 4.90 Å². The van der Waals surface area contributed by atoms with Gasteiger partial charge < -0.3 is 15.1 Å². The highest BCUT2D eigenvalue weighted by Gasteiger charge is 2.44. The topological polar surface area (TPSA) is 94.9 Å². The minimum atomic E-state index is -1.19. The molecule has 3 unspecified atom stereocenters. The molecule has 18 heavy (non-hydrogen) atoms. The van der Waals surface area contributed by atoms with E-state index in [1.54, 1.807) is 6.08 Å². The predicted octanol–water partition coefficient (Wildman–Crippen LogP) is 0.481. The van der Waals surface area contributed by atoms with Crippen molar-refractivity contribution in [2.75, 3.05) is 0 Å². The molecule has 2 aliphatic rings. The summed E-state index contributed by atoms with van der Waals surface area (Å²) in [6.45, 7) is 0. The molecule has 0 spiro atoms. The third kappa shape index (κ3) is 2.10. The normalized spacial score (nSPS) is 31.7. The van der Waals surface area contributed by atoms with Crippen molar-refractivity contribution in [3.8, 4) is 0 Å². The summed E-state index contributed by atoms with van der Waals surface area (Å²) in [5.41, 5.74) is 0. The number of aliphatic carboxylic acids is 2. The molecule has 2 heterocycles. The van der Waals surface area contributed by atoms with Gasteiger partial charge in [-0.05, 0) is 25.7 Å². The van der Waals surface area contributed by atoms with Crippen LogP contribution < -0.4 is 0 Å². The van der Waals surface area contributed by atoms with E-state index >= 15 is 0 Å². The highest BCUT2D eigenvalue weighted by Crippen LogP contribution is 2.31. The molecule has 2 rings (SSSR count). The number of hydrogen-bond acceptors (Lipinski definition) is 3. The van der Waals surface area contributed by atoms with Gasteiger partial charge in [0.05, 0.1) is 0 Å². The Kier molecular flexibility index (Phi) is 3.36. The number of rotatable bonds is 2. The molecule has 6 heteroatoms. The van der Waals surface area contributed by atoms with Gasteiger partial charge in [0.2, 0.25) is 5.91 Å². The number of nitrogens with zero attached hydrogens (tertiary/aromatic N) is 1. The summed E-state index contributed by atoms with van der Waals surface area (Å²) >= 11 is 0. The molecule has 2 aliphatic heterocycles. The van der Waals surface area contributed by atoms with Crippen LogP contribution in [0.3, 0.4) is 0 Å². The van der Waals surface area contributed by atoms with Crippen molar-refractivity contribution < 1.29 is 24.6 Å². The van der Waals surface area contributed by atoms with Crippen molar-refractivity contribution in [1.29, 1.82) is 0 Å². The van der Waals surface area contributed by atoms with Crippen LogP contribution in [0.25, 0.3) is 0 Å². The van der Waals surface area contributed by atoms with Crippen LogP contribution in [0.15, 0.2) is 12.2 Å². The van der Waals surface area contributed by atoms with Gasteiger partial charge in [-0.15, -0.1) is 0 Å². The Morgan fingerprint density at radius 1 is 1.11 bits per heavy atom. The van der Waals surface area contributed by atoms with Gasteiger partial charge in [-0.25, -0.2) is 4.79 Å². The number of hydrogen-bond donors (Lipinski definition) is 2. The molecule has 0 radical (unpaired) electrons. The maximum absolute atomic E-state index is 12.2. The van der Waals surface area contributed by atoms with Gasteiger partial charge in [-0.1, -0.05) is 12.2 Å². The van der Waals surface area contributed by atoms with Crippen LogP contribution in [0.4, 0.5) is 0 Å². The number of carbonyl (C=O) groups is 3. The molecule has 0 aromatic heterocycles. The molecule has 0 aromatic carbocycles. The standard InChI is InChI=1S/C12H15NO5/c14-10-8(11(15)16)4-2-1-3-7-5-6-9(12(17)18)13(7)10/h1-2,7-9H,3-6H2,(H,15,16)(H,17,18). The number of carbonyl (C=O) groups excluding carboxylic acids is 1. The Labute approximate surface area is 104 Å². The number of carboxylic acid groups (broad SMARTS) is 2. The highest BCUT2D eigenvalue weighted by atomic mass is 16.4. The van der Waals surface area contributed by atoms with Gasteiger partial charge in [-0.3, -0.25) is 9.59 Å². The maximum atomic E-state index is 12.2. The fourth-order valence-electron chi connectivity index (χ4n) is 2.66. The van der Waals surface area contributed by atoms with Crippen molar-refractivity contribution in [2.24, 2.45) is 5.92 Å². The van der Waals surface area contributed by atoms with Gasteiger partial charge in [0.25, 0.3) is 0 Å². The first-order valence-corrected chi connectivity index (χ1v) is 5.95. The fraction of sp³-hybridized carbons (Fsp3) is 0.583. The smallest absolute Gasteiger partial charge is 0.326 e. The fourth-order valence-corrected chi connectivity index (χ4v) is 2.66. The van der Waals surface area contributed by atoms with E-state index in [-0.39, 0.29) is 12.5 Å². The highest BCUT2D eigenvalue weighted by molar-refractivity contribution is 5.99. The van der Waals surface area contributed by atoms with Crippen molar-refractivity contribution in [3.05, 3.63) is 12.2 Å². The largest absolute Gasteiger partial charge is 0.481 e. The number of allylic oxidation sites excluding steroid dienone is 1. The summed E-state index contributed by atoms with van der Waals surface area (Å²) < 4.78 is 0. The molecule has 6 nitrogen and oxygen atoms in total. The van der Waals surface area contributed by atoms with Crippen LogP contribution in [0.2, 0.25) is 0 Å². The zero-order chi connectivity index (χ0) is 13.3. The summed E-state index contributed by atoms with van der Waals surface area (Å²) in [6.07, 6.45) is 5.27. The van der Waals surface area contributed by atoms with E-state index in [9.17, 15) is 14.4 Å². The lowest BCUT2D eigenvalue weighted by Gasteiger charge is -2.31. The average molecular weight is 253 g/mol. The van der Waals surface area contributed by atoms with E-state index in [1.807, 2.05) is 6.08 Å². The van der Waals surface area contributed by atoms with Crippen LogP contribution >= 0.6 is 0 Å². The minimum absolute atomic E-state index is 0.129. The third-order valence-corrected chi connectivity index (χ3v) is 3.58. The number of amides is 1. The zero-order valence-electron chi connectivity index (χ0n) is 9.78. The molecular weight excluding hydrogens is 238 g/mol. The van der Waals surface area contributed by atoms with Crippen molar-refractivity contribution in [1.82, 2.24) is 4.90 Å². The maximum Gasteiger partial charge on any atom is 0.326 e. The summed E-state index contributed by atoms with van der Waals surface area (Å²) in [4.78, 5) is 35.6. The van der Waals surface area contributed by atoms with Gasteiger partial charge in [0.1, 0.15) is 12.0 Å². The van der Waals surface area contributed by atoms with Crippen LogP contribution in [-0.2, 0) is 14.4 Å². The second-order valence-corrected chi connectivity index (χ2v) is 4.66. The summed E-state index contributed by atoms with van der Waals surface area (Å²) in [7, 11) is 0. The zero-order valence-corrected chi connectivity index (χ0v) is 9.78. The first-order valence-electron chi connectivity index (χ1n) is 5.95. The van der Waals surface area contributed by atoms with Gasteiger partial charge in [0.15, 0.2) is 0 Å². The molecule has 0 bridgehead atoms. The molecule has 1 fully saturated rings. The number of fused-ring (bicyclic) bond motifs is 1. The van der Waals surface area contributed by atoms with Gasteiger partial charge >= 0.3 is 11.9 Å². The Balaban J connectivity index is 2.32. The summed E-state index contributed by atoms with van der Waals surface area (Å²) in [5, 5.41) is 18.1. The Morgan fingerprint density at radius 3 is 2.39 bits per heavy atom. The van der Waals surface area contributed by atoms with E-state index in [2.05, 4.69) is 0 Å². The first-order chi connectivity index (χ1) is 8.52. The second-order valence-electron chi connectivity index (χ2n) is 4.66. The molecule has 1 amide bonds. The Bertz CT molecular complexity index is 417. The molecular formula is C12H15NO5. The van der Waals surface area contributed by atoms with Crippen LogP contribution in [0, 0.1) is 5.92 Å². The average Bonchev–Trinajstić information content (AvgIpc) is 2.68. The SMILES string of the molecule is O=C(O)C1CC=CCC2CCC(C(=O)O)N2C1=O. The van der Waals surface area contributed by atoms with Crippen LogP contribution in [0.5, 0.6) is 0 Å². The lowest BCUT2D eigenvalue weighted by molar-refractivity contribution is -0.157. The lowest BCUT2D eigenvalue weighted by Crippen LogP contribution is -2.49. The van der Waals surface area contributed by atoms with E-state index in [0.717, 1.165) is 0 Å². The Hall–Kier alpha value is -1.85. The molecule has 98 valence electrons.